The number of nitrogens with zero attached hydrogens (tertiary/aromatic N) is 1. The summed E-state index contributed by atoms with van der Waals surface area (Å²) in [5.74, 6) is 0.841. The fraction of sp³-hybridized carbons (Fsp3) is 0.900. The van der Waals surface area contributed by atoms with E-state index in [0.717, 1.165) is 19.4 Å². The van der Waals surface area contributed by atoms with Gasteiger partial charge in [0.1, 0.15) is 0 Å². The molecule has 1 amide bonds. The Hall–Kier alpha value is -0.530. The van der Waals surface area contributed by atoms with E-state index in [2.05, 4.69) is 11.8 Å². The van der Waals surface area contributed by atoms with Crippen LogP contribution in [0, 0.1) is 5.92 Å². The van der Waals surface area contributed by atoms with Gasteiger partial charge in [-0.05, 0) is 39.0 Å². The minimum atomic E-state index is 0.408. The third-order valence-electron chi connectivity index (χ3n) is 3.01. The van der Waals surface area contributed by atoms with Crippen molar-refractivity contribution in [2.45, 2.75) is 45.1 Å². The highest BCUT2D eigenvalue weighted by Gasteiger charge is 2.35. The summed E-state index contributed by atoms with van der Waals surface area (Å²) in [6, 6.07) is 0.506. The Bertz CT molecular complexity index is 186. The molecule has 1 atom stereocenters. The zero-order chi connectivity index (χ0) is 8.55. The lowest BCUT2D eigenvalue weighted by atomic mass is 10.0. The molecular weight excluding hydrogens is 150 g/mol. The van der Waals surface area contributed by atoms with Crippen LogP contribution in [0.3, 0.4) is 0 Å². The highest BCUT2D eigenvalue weighted by Crippen LogP contribution is 2.33. The molecule has 1 unspecified atom stereocenters. The van der Waals surface area contributed by atoms with Crippen LogP contribution in [-0.4, -0.2) is 23.4 Å². The molecule has 2 fully saturated rings. The number of rotatable bonds is 1. The lowest BCUT2D eigenvalue weighted by Gasteiger charge is -2.33. The van der Waals surface area contributed by atoms with Crippen molar-refractivity contribution >= 4 is 5.91 Å². The van der Waals surface area contributed by atoms with Crippen molar-refractivity contribution in [3.63, 3.8) is 0 Å². The molecule has 1 heterocycles. The second-order valence-electron chi connectivity index (χ2n) is 4.15. The average molecular weight is 167 g/mol. The van der Waals surface area contributed by atoms with Crippen LogP contribution >= 0.6 is 0 Å². The first-order valence-electron chi connectivity index (χ1n) is 5.09. The van der Waals surface area contributed by atoms with E-state index in [0.29, 0.717) is 17.9 Å². The molecule has 0 bridgehead atoms. The molecule has 0 aromatic heterocycles. The molecule has 1 aliphatic heterocycles. The lowest BCUT2D eigenvalue weighted by Crippen LogP contribution is -2.42. The first-order valence-corrected chi connectivity index (χ1v) is 5.09. The van der Waals surface area contributed by atoms with E-state index in [1.165, 1.54) is 19.3 Å². The molecule has 0 N–H and O–H groups in total. The van der Waals surface area contributed by atoms with Gasteiger partial charge in [0.05, 0.1) is 0 Å². The summed E-state index contributed by atoms with van der Waals surface area (Å²) in [6.45, 7) is 3.19. The molecule has 2 heteroatoms. The molecule has 68 valence electrons. The summed E-state index contributed by atoms with van der Waals surface area (Å²) >= 11 is 0. The molecule has 0 aromatic carbocycles. The predicted octanol–water partition coefficient (Wildman–Crippen LogP) is 1.80. The second-order valence-corrected chi connectivity index (χ2v) is 4.15. The Morgan fingerprint density at radius 1 is 1.25 bits per heavy atom. The molecule has 12 heavy (non-hydrogen) atoms. The standard InChI is InChI=1S/C10H17NO/c1-8-4-2-3-7-11(8)10(12)9-5-6-9/h8-9H,2-7H2,1H3. The second kappa shape index (κ2) is 3.08. The van der Waals surface area contributed by atoms with Gasteiger partial charge in [0.2, 0.25) is 5.91 Å². The number of amides is 1. The highest BCUT2D eigenvalue weighted by molar-refractivity contribution is 5.81. The predicted molar refractivity (Wildman–Crippen MR) is 47.8 cm³/mol. The first kappa shape index (κ1) is 8.09. The maximum atomic E-state index is 11.7. The Morgan fingerprint density at radius 2 is 2.00 bits per heavy atom. The molecule has 2 aliphatic rings. The summed E-state index contributed by atoms with van der Waals surface area (Å²) in [4.78, 5) is 13.8. The van der Waals surface area contributed by atoms with Gasteiger partial charge in [-0.25, -0.2) is 0 Å². The van der Waals surface area contributed by atoms with Crippen molar-refractivity contribution < 1.29 is 4.79 Å². The van der Waals surface area contributed by atoms with Crippen LogP contribution in [0.15, 0.2) is 0 Å². The molecule has 1 saturated heterocycles. The van der Waals surface area contributed by atoms with Gasteiger partial charge < -0.3 is 4.90 Å². The Labute approximate surface area is 73.9 Å². The molecule has 0 radical (unpaired) electrons. The van der Waals surface area contributed by atoms with Gasteiger partial charge in [-0.2, -0.15) is 0 Å². The van der Waals surface area contributed by atoms with Crippen LogP contribution in [0.1, 0.15) is 39.0 Å². The zero-order valence-corrected chi connectivity index (χ0v) is 7.75. The van der Waals surface area contributed by atoms with Gasteiger partial charge >= 0.3 is 0 Å². The minimum absolute atomic E-state index is 0.408. The minimum Gasteiger partial charge on any atom is -0.340 e. The normalized spacial score (nSPS) is 30.4. The number of carbonyl (C=O) groups is 1. The van der Waals surface area contributed by atoms with E-state index in [1.807, 2.05) is 0 Å². The van der Waals surface area contributed by atoms with Gasteiger partial charge in [0, 0.05) is 18.5 Å². The van der Waals surface area contributed by atoms with Crippen LogP contribution in [0.5, 0.6) is 0 Å². The summed E-state index contributed by atoms with van der Waals surface area (Å²) in [6.07, 6.45) is 6.00. The van der Waals surface area contributed by atoms with Gasteiger partial charge in [0.15, 0.2) is 0 Å². The molecule has 1 aliphatic carbocycles. The Kier molecular flexibility index (Phi) is 2.07. The van der Waals surface area contributed by atoms with Crippen LogP contribution < -0.4 is 0 Å². The Morgan fingerprint density at radius 3 is 2.58 bits per heavy atom. The fourth-order valence-electron chi connectivity index (χ4n) is 1.99. The van der Waals surface area contributed by atoms with E-state index in [4.69, 9.17) is 0 Å². The van der Waals surface area contributed by atoms with Gasteiger partial charge in [-0.1, -0.05) is 0 Å². The van der Waals surface area contributed by atoms with E-state index >= 15 is 0 Å². The summed E-state index contributed by atoms with van der Waals surface area (Å²) < 4.78 is 0. The maximum Gasteiger partial charge on any atom is 0.225 e. The average Bonchev–Trinajstić information content (AvgIpc) is 2.86. The van der Waals surface area contributed by atoms with Crippen molar-refractivity contribution in [3.8, 4) is 0 Å². The van der Waals surface area contributed by atoms with Crippen LogP contribution in [-0.2, 0) is 4.79 Å². The van der Waals surface area contributed by atoms with Crippen molar-refractivity contribution in [1.82, 2.24) is 4.90 Å². The smallest absolute Gasteiger partial charge is 0.225 e. The van der Waals surface area contributed by atoms with Crippen LogP contribution in [0.4, 0.5) is 0 Å². The summed E-state index contributed by atoms with van der Waals surface area (Å²) in [5.41, 5.74) is 0. The zero-order valence-electron chi connectivity index (χ0n) is 7.75. The molecule has 2 nitrogen and oxygen atoms in total. The molecular formula is C10H17NO. The van der Waals surface area contributed by atoms with Crippen LogP contribution in [0.25, 0.3) is 0 Å². The largest absolute Gasteiger partial charge is 0.340 e. The molecule has 1 saturated carbocycles. The van der Waals surface area contributed by atoms with E-state index in [1.54, 1.807) is 0 Å². The number of carbonyl (C=O) groups excluding carboxylic acids is 1. The number of hydrogen-bond acceptors (Lipinski definition) is 1. The number of hydrogen-bond donors (Lipinski definition) is 0. The van der Waals surface area contributed by atoms with Crippen molar-refractivity contribution in [1.29, 1.82) is 0 Å². The van der Waals surface area contributed by atoms with E-state index in [-0.39, 0.29) is 0 Å². The molecule has 0 spiro atoms. The lowest BCUT2D eigenvalue weighted by molar-refractivity contribution is -0.135. The molecule has 0 aromatic rings. The monoisotopic (exact) mass is 167 g/mol. The van der Waals surface area contributed by atoms with E-state index in [9.17, 15) is 4.79 Å². The SMILES string of the molecule is CC1CCCCN1C(=O)C1CC1. The van der Waals surface area contributed by atoms with Gasteiger partial charge in [0.25, 0.3) is 0 Å². The van der Waals surface area contributed by atoms with Gasteiger partial charge in [-0.15, -0.1) is 0 Å². The Balaban J connectivity index is 1.95. The quantitative estimate of drug-likeness (QED) is 0.583. The first-order chi connectivity index (χ1) is 5.79. The van der Waals surface area contributed by atoms with Crippen molar-refractivity contribution in [3.05, 3.63) is 0 Å². The third-order valence-corrected chi connectivity index (χ3v) is 3.01. The van der Waals surface area contributed by atoms with Gasteiger partial charge in [-0.3, -0.25) is 4.79 Å². The molecule has 2 rings (SSSR count). The highest BCUT2D eigenvalue weighted by atomic mass is 16.2. The van der Waals surface area contributed by atoms with Crippen molar-refractivity contribution in [2.24, 2.45) is 5.92 Å². The number of likely N-dealkylation sites (tertiary alicyclic amines) is 1. The van der Waals surface area contributed by atoms with E-state index < -0.39 is 0 Å². The third kappa shape index (κ3) is 1.47. The fourth-order valence-corrected chi connectivity index (χ4v) is 1.99. The maximum absolute atomic E-state index is 11.7. The summed E-state index contributed by atoms with van der Waals surface area (Å²) in [5, 5.41) is 0. The van der Waals surface area contributed by atoms with Crippen LogP contribution in [0.2, 0.25) is 0 Å². The van der Waals surface area contributed by atoms with Crippen molar-refractivity contribution in [2.75, 3.05) is 6.54 Å². The topological polar surface area (TPSA) is 20.3 Å². The summed E-state index contributed by atoms with van der Waals surface area (Å²) in [7, 11) is 0. The number of piperidine rings is 1.